The van der Waals surface area contributed by atoms with Gasteiger partial charge in [0.15, 0.2) is 0 Å². The van der Waals surface area contributed by atoms with E-state index in [2.05, 4.69) is 15.3 Å². The molecule has 20 heavy (non-hydrogen) atoms. The summed E-state index contributed by atoms with van der Waals surface area (Å²) >= 11 is 0. The molecule has 0 bridgehead atoms. The minimum absolute atomic E-state index is 0.322. The highest BCUT2D eigenvalue weighted by atomic mass is 19.4. The quantitative estimate of drug-likeness (QED) is 0.905. The lowest BCUT2D eigenvalue weighted by Crippen LogP contribution is -2.10. The predicted octanol–water partition coefficient (Wildman–Crippen LogP) is 2.95. The summed E-state index contributed by atoms with van der Waals surface area (Å²) in [4.78, 5) is 6.92. The molecule has 104 valence electrons. The molecule has 1 heterocycles. The number of H-pyrrole nitrogens is 1. The Morgan fingerprint density at radius 3 is 2.75 bits per heavy atom. The van der Waals surface area contributed by atoms with Crippen LogP contribution in [0, 0.1) is 11.3 Å². The molecule has 0 spiro atoms. The van der Waals surface area contributed by atoms with Crippen molar-refractivity contribution < 1.29 is 13.2 Å². The van der Waals surface area contributed by atoms with Gasteiger partial charge in [0, 0.05) is 31.0 Å². The van der Waals surface area contributed by atoms with E-state index in [-0.39, 0.29) is 5.56 Å². The van der Waals surface area contributed by atoms with E-state index in [9.17, 15) is 13.2 Å². The van der Waals surface area contributed by atoms with Crippen LogP contribution in [0.2, 0.25) is 0 Å². The number of aromatic amines is 1. The zero-order valence-electron chi connectivity index (χ0n) is 10.3. The largest absolute Gasteiger partial charge is 0.417 e. The molecule has 1 aromatic carbocycles. The van der Waals surface area contributed by atoms with Gasteiger partial charge in [-0.1, -0.05) is 0 Å². The first-order chi connectivity index (χ1) is 9.50. The van der Waals surface area contributed by atoms with E-state index in [1.165, 1.54) is 6.07 Å². The first-order valence-corrected chi connectivity index (χ1v) is 5.84. The number of hydrogen-bond donors (Lipinski definition) is 2. The molecule has 0 radical (unpaired) electrons. The number of alkyl halides is 3. The number of imidazole rings is 1. The molecule has 0 saturated carbocycles. The molecule has 0 unspecified atom stereocenters. The second-order valence-corrected chi connectivity index (χ2v) is 4.08. The number of benzene rings is 1. The van der Waals surface area contributed by atoms with Gasteiger partial charge >= 0.3 is 6.18 Å². The maximum absolute atomic E-state index is 12.8. The molecule has 2 N–H and O–H groups in total. The number of halogens is 3. The predicted molar refractivity (Wildman–Crippen MR) is 66.9 cm³/mol. The second-order valence-electron chi connectivity index (χ2n) is 4.08. The molecule has 0 aliphatic carbocycles. The van der Waals surface area contributed by atoms with Crippen molar-refractivity contribution in [2.24, 2.45) is 0 Å². The number of nitrogens with one attached hydrogen (secondary N) is 2. The van der Waals surface area contributed by atoms with Crippen LogP contribution in [-0.4, -0.2) is 16.5 Å². The molecule has 0 amide bonds. The zero-order chi connectivity index (χ0) is 14.6. The molecule has 7 heteroatoms. The van der Waals surface area contributed by atoms with Crippen LogP contribution in [0.4, 0.5) is 18.9 Å². The monoisotopic (exact) mass is 280 g/mol. The van der Waals surface area contributed by atoms with Crippen molar-refractivity contribution in [3.8, 4) is 6.07 Å². The smallest absolute Gasteiger partial charge is 0.385 e. The lowest BCUT2D eigenvalue weighted by Gasteiger charge is -2.12. The fraction of sp³-hybridized carbons (Fsp3) is 0.231. The second kappa shape index (κ2) is 5.65. The lowest BCUT2D eigenvalue weighted by molar-refractivity contribution is -0.137. The van der Waals surface area contributed by atoms with Gasteiger partial charge in [-0.25, -0.2) is 4.98 Å². The molecule has 1 aromatic heterocycles. The maximum Gasteiger partial charge on any atom is 0.417 e. The Labute approximate surface area is 113 Å². The Kier molecular flexibility index (Phi) is 3.94. The van der Waals surface area contributed by atoms with E-state index in [4.69, 9.17) is 5.26 Å². The van der Waals surface area contributed by atoms with Crippen molar-refractivity contribution in [2.75, 3.05) is 11.9 Å². The third kappa shape index (κ3) is 3.29. The van der Waals surface area contributed by atoms with Crippen LogP contribution in [0.3, 0.4) is 0 Å². The van der Waals surface area contributed by atoms with Crippen molar-refractivity contribution in [1.82, 2.24) is 9.97 Å². The van der Waals surface area contributed by atoms with Gasteiger partial charge in [0.25, 0.3) is 0 Å². The minimum Gasteiger partial charge on any atom is -0.385 e. The molecule has 0 atom stereocenters. The standard InChI is InChI=1S/C13H11F3N4/c14-13(15,16)11-7-10(2-1-9(11)8-17)18-4-3-12-19-5-6-20-12/h1-2,5-7,18H,3-4H2,(H,19,20). The van der Waals surface area contributed by atoms with Gasteiger partial charge in [-0.3, -0.25) is 0 Å². The Bertz CT molecular complexity index is 612. The highest BCUT2D eigenvalue weighted by Crippen LogP contribution is 2.33. The Hall–Kier alpha value is -2.49. The first kappa shape index (κ1) is 13.9. The Balaban J connectivity index is 2.07. The topological polar surface area (TPSA) is 64.5 Å². The fourth-order valence-corrected chi connectivity index (χ4v) is 1.75. The number of nitriles is 1. The zero-order valence-corrected chi connectivity index (χ0v) is 10.3. The van der Waals surface area contributed by atoms with Crippen LogP contribution in [0.1, 0.15) is 17.0 Å². The molecule has 4 nitrogen and oxygen atoms in total. The van der Waals surface area contributed by atoms with Gasteiger partial charge in [0.2, 0.25) is 0 Å². The summed E-state index contributed by atoms with van der Waals surface area (Å²) in [6.45, 7) is 0.441. The molecule has 0 aliphatic rings. The number of rotatable bonds is 4. The van der Waals surface area contributed by atoms with Crippen LogP contribution < -0.4 is 5.32 Å². The summed E-state index contributed by atoms with van der Waals surface area (Å²) in [7, 11) is 0. The van der Waals surface area contributed by atoms with E-state index in [0.29, 0.717) is 18.7 Å². The van der Waals surface area contributed by atoms with E-state index < -0.39 is 11.7 Å². The molecule has 2 rings (SSSR count). The van der Waals surface area contributed by atoms with Crippen molar-refractivity contribution in [3.63, 3.8) is 0 Å². The number of nitrogens with zero attached hydrogens (tertiary/aromatic N) is 2. The summed E-state index contributed by atoms with van der Waals surface area (Å²) < 4.78 is 38.3. The third-order valence-electron chi connectivity index (χ3n) is 2.69. The molecule has 0 fully saturated rings. The van der Waals surface area contributed by atoms with Gasteiger partial charge in [0.1, 0.15) is 5.82 Å². The summed E-state index contributed by atoms with van der Waals surface area (Å²) in [6.07, 6.45) is -0.685. The third-order valence-corrected chi connectivity index (χ3v) is 2.69. The highest BCUT2D eigenvalue weighted by Gasteiger charge is 2.33. The van der Waals surface area contributed by atoms with Crippen molar-refractivity contribution in [1.29, 1.82) is 5.26 Å². The van der Waals surface area contributed by atoms with Crippen molar-refractivity contribution in [2.45, 2.75) is 12.6 Å². The summed E-state index contributed by atoms with van der Waals surface area (Å²) in [5.41, 5.74) is -0.986. The van der Waals surface area contributed by atoms with Gasteiger partial charge in [0.05, 0.1) is 17.2 Å². The van der Waals surface area contributed by atoms with Crippen LogP contribution in [0.25, 0.3) is 0 Å². The average molecular weight is 280 g/mol. The molecule has 0 aliphatic heterocycles. The van der Waals surface area contributed by atoms with E-state index in [0.717, 1.165) is 18.0 Å². The van der Waals surface area contributed by atoms with Crippen LogP contribution in [0.15, 0.2) is 30.6 Å². The number of hydrogen-bond acceptors (Lipinski definition) is 3. The van der Waals surface area contributed by atoms with Crippen molar-refractivity contribution >= 4 is 5.69 Å². The van der Waals surface area contributed by atoms with Crippen LogP contribution in [-0.2, 0) is 12.6 Å². The molecular formula is C13H11F3N4. The first-order valence-electron chi connectivity index (χ1n) is 5.84. The lowest BCUT2D eigenvalue weighted by atomic mass is 10.1. The highest BCUT2D eigenvalue weighted by molar-refractivity contribution is 5.53. The van der Waals surface area contributed by atoms with Crippen LogP contribution in [0.5, 0.6) is 0 Å². The fourth-order valence-electron chi connectivity index (χ4n) is 1.75. The minimum atomic E-state index is -4.54. The number of anilines is 1. The normalized spacial score (nSPS) is 11.1. The van der Waals surface area contributed by atoms with Gasteiger partial charge < -0.3 is 10.3 Å². The van der Waals surface area contributed by atoms with E-state index >= 15 is 0 Å². The number of aromatic nitrogens is 2. The molecule has 0 saturated heterocycles. The SMILES string of the molecule is N#Cc1ccc(NCCc2ncc[nH]2)cc1C(F)(F)F. The summed E-state index contributed by atoms with van der Waals surface area (Å²) in [5, 5.41) is 11.6. The van der Waals surface area contributed by atoms with Gasteiger partial charge in [-0.15, -0.1) is 0 Å². The average Bonchev–Trinajstić information content (AvgIpc) is 2.91. The van der Waals surface area contributed by atoms with E-state index in [1.54, 1.807) is 18.5 Å². The Morgan fingerprint density at radius 2 is 2.15 bits per heavy atom. The van der Waals surface area contributed by atoms with Gasteiger partial charge in [-0.05, 0) is 18.2 Å². The maximum atomic E-state index is 12.8. The van der Waals surface area contributed by atoms with E-state index in [1.807, 2.05) is 0 Å². The summed E-state index contributed by atoms with van der Waals surface area (Å²) in [6, 6.07) is 5.11. The molecule has 2 aromatic rings. The summed E-state index contributed by atoms with van der Waals surface area (Å²) in [5.74, 6) is 0.752. The van der Waals surface area contributed by atoms with Gasteiger partial charge in [-0.2, -0.15) is 18.4 Å². The van der Waals surface area contributed by atoms with Crippen molar-refractivity contribution in [3.05, 3.63) is 47.5 Å². The Morgan fingerprint density at radius 1 is 1.35 bits per heavy atom. The molecular weight excluding hydrogens is 269 g/mol. The van der Waals surface area contributed by atoms with Crippen LogP contribution >= 0.6 is 0 Å².